The molecule has 2 aliphatic heterocycles. The van der Waals surface area contributed by atoms with Gasteiger partial charge in [-0.3, -0.25) is 4.79 Å². The van der Waals surface area contributed by atoms with Crippen molar-refractivity contribution in [3.05, 3.63) is 11.7 Å². The van der Waals surface area contributed by atoms with Gasteiger partial charge in [-0.2, -0.15) is 4.98 Å². The average Bonchev–Trinajstić information content (AvgIpc) is 3.23. The molecular weight excluding hydrogens is 298 g/mol. The van der Waals surface area contributed by atoms with Crippen LogP contribution >= 0.6 is 0 Å². The first-order chi connectivity index (χ1) is 11.1. The van der Waals surface area contributed by atoms with Crippen molar-refractivity contribution < 1.29 is 18.8 Å². The summed E-state index contributed by atoms with van der Waals surface area (Å²) < 4.78 is 16.3. The van der Waals surface area contributed by atoms with Crippen LogP contribution in [0.3, 0.4) is 0 Å². The van der Waals surface area contributed by atoms with E-state index in [1.807, 2.05) is 11.8 Å². The highest BCUT2D eigenvalue weighted by Crippen LogP contribution is 2.25. The topological polar surface area (TPSA) is 77.7 Å². The highest BCUT2D eigenvalue weighted by molar-refractivity contribution is 5.80. The first-order valence-corrected chi connectivity index (χ1v) is 8.45. The molecule has 0 aromatic carbocycles. The van der Waals surface area contributed by atoms with Crippen LogP contribution in [0.2, 0.25) is 0 Å². The van der Waals surface area contributed by atoms with Crippen LogP contribution in [0.4, 0.5) is 0 Å². The highest BCUT2D eigenvalue weighted by atomic mass is 16.5. The van der Waals surface area contributed by atoms with Gasteiger partial charge in [-0.1, -0.05) is 5.16 Å². The van der Waals surface area contributed by atoms with E-state index in [0.717, 1.165) is 38.8 Å². The van der Waals surface area contributed by atoms with E-state index in [0.29, 0.717) is 24.9 Å². The van der Waals surface area contributed by atoms with Crippen molar-refractivity contribution in [2.75, 3.05) is 26.3 Å². The smallest absolute Gasteiger partial charge is 0.251 e. The standard InChI is InChI=1S/C16H25N3O4/c1-11(22-10-14-6-4-8-21-14)16(20)19-7-3-5-13(9-19)15-17-12(2)23-18-15/h11,13-14H,3-10H2,1-2H3. The van der Waals surface area contributed by atoms with Crippen LogP contribution in [0, 0.1) is 6.92 Å². The zero-order chi connectivity index (χ0) is 16.2. The van der Waals surface area contributed by atoms with E-state index in [2.05, 4.69) is 10.1 Å². The van der Waals surface area contributed by atoms with Crippen LogP contribution in [0.1, 0.15) is 50.2 Å². The number of hydrogen-bond donors (Lipinski definition) is 0. The summed E-state index contributed by atoms with van der Waals surface area (Å²) in [7, 11) is 0. The number of piperidine rings is 1. The van der Waals surface area contributed by atoms with Crippen LogP contribution in [0.5, 0.6) is 0 Å². The van der Waals surface area contributed by atoms with E-state index in [-0.39, 0.29) is 17.9 Å². The Kier molecular flexibility index (Phi) is 5.27. The van der Waals surface area contributed by atoms with Gasteiger partial charge in [-0.15, -0.1) is 0 Å². The van der Waals surface area contributed by atoms with Crippen LogP contribution in [0.15, 0.2) is 4.52 Å². The van der Waals surface area contributed by atoms with Crippen molar-refractivity contribution in [2.24, 2.45) is 0 Å². The zero-order valence-corrected chi connectivity index (χ0v) is 13.9. The summed E-state index contributed by atoms with van der Waals surface area (Å²) in [5, 5.41) is 3.99. The lowest BCUT2D eigenvalue weighted by Crippen LogP contribution is -2.45. The molecule has 0 spiro atoms. The fraction of sp³-hybridized carbons (Fsp3) is 0.812. The van der Waals surface area contributed by atoms with Crippen LogP contribution in [0.25, 0.3) is 0 Å². The molecule has 7 heteroatoms. The molecule has 3 heterocycles. The maximum atomic E-state index is 12.6. The predicted octanol–water partition coefficient (Wildman–Crippen LogP) is 1.67. The monoisotopic (exact) mass is 323 g/mol. The van der Waals surface area contributed by atoms with Gasteiger partial charge >= 0.3 is 0 Å². The summed E-state index contributed by atoms with van der Waals surface area (Å²) in [4.78, 5) is 18.7. The van der Waals surface area contributed by atoms with Gasteiger partial charge in [0.1, 0.15) is 6.10 Å². The fourth-order valence-corrected chi connectivity index (χ4v) is 3.22. The summed E-state index contributed by atoms with van der Waals surface area (Å²) in [6, 6.07) is 0. The lowest BCUT2D eigenvalue weighted by Gasteiger charge is -2.33. The Hall–Kier alpha value is -1.47. The van der Waals surface area contributed by atoms with Gasteiger partial charge in [0, 0.05) is 32.5 Å². The zero-order valence-electron chi connectivity index (χ0n) is 13.9. The minimum absolute atomic E-state index is 0.0351. The van der Waals surface area contributed by atoms with Crippen molar-refractivity contribution in [3.63, 3.8) is 0 Å². The Labute approximate surface area is 136 Å². The van der Waals surface area contributed by atoms with Gasteiger partial charge in [0.2, 0.25) is 5.89 Å². The molecule has 0 saturated carbocycles. The number of hydrogen-bond acceptors (Lipinski definition) is 6. The molecular formula is C16H25N3O4. The van der Waals surface area contributed by atoms with Gasteiger partial charge in [-0.25, -0.2) is 0 Å². The van der Waals surface area contributed by atoms with Crippen molar-refractivity contribution >= 4 is 5.91 Å². The van der Waals surface area contributed by atoms with Crippen molar-refractivity contribution in [1.29, 1.82) is 0 Å². The van der Waals surface area contributed by atoms with Crippen LogP contribution in [-0.4, -0.2) is 59.5 Å². The fourth-order valence-electron chi connectivity index (χ4n) is 3.22. The molecule has 3 atom stereocenters. The van der Waals surface area contributed by atoms with E-state index in [1.165, 1.54) is 0 Å². The molecule has 2 fully saturated rings. The van der Waals surface area contributed by atoms with Gasteiger partial charge in [-0.05, 0) is 32.6 Å². The largest absolute Gasteiger partial charge is 0.376 e. The normalized spacial score (nSPS) is 26.4. The lowest BCUT2D eigenvalue weighted by atomic mass is 9.97. The van der Waals surface area contributed by atoms with Crippen LogP contribution in [-0.2, 0) is 14.3 Å². The quantitative estimate of drug-likeness (QED) is 0.820. The number of carbonyl (C=O) groups is 1. The Bertz CT molecular complexity index is 527. The number of likely N-dealkylation sites (tertiary alicyclic amines) is 1. The van der Waals surface area contributed by atoms with E-state index >= 15 is 0 Å². The van der Waals surface area contributed by atoms with Gasteiger partial charge in [0.05, 0.1) is 12.7 Å². The Morgan fingerprint density at radius 1 is 1.43 bits per heavy atom. The van der Waals surface area contributed by atoms with Crippen molar-refractivity contribution in [2.45, 2.75) is 57.7 Å². The van der Waals surface area contributed by atoms with Crippen LogP contribution < -0.4 is 0 Å². The Morgan fingerprint density at radius 2 is 2.30 bits per heavy atom. The molecule has 1 aromatic heterocycles. The lowest BCUT2D eigenvalue weighted by molar-refractivity contribution is -0.145. The third-order valence-corrected chi connectivity index (χ3v) is 4.55. The van der Waals surface area contributed by atoms with E-state index in [4.69, 9.17) is 14.0 Å². The molecule has 0 aliphatic carbocycles. The van der Waals surface area contributed by atoms with Crippen molar-refractivity contribution in [3.8, 4) is 0 Å². The molecule has 1 amide bonds. The third-order valence-electron chi connectivity index (χ3n) is 4.55. The second-order valence-electron chi connectivity index (χ2n) is 6.41. The molecule has 0 bridgehead atoms. The first-order valence-electron chi connectivity index (χ1n) is 8.45. The minimum Gasteiger partial charge on any atom is -0.376 e. The van der Waals surface area contributed by atoms with E-state index in [9.17, 15) is 4.79 Å². The number of amides is 1. The molecule has 0 N–H and O–H groups in total. The summed E-state index contributed by atoms with van der Waals surface area (Å²) in [5.74, 6) is 1.45. The van der Waals surface area contributed by atoms with Gasteiger partial charge in [0.25, 0.3) is 5.91 Å². The summed E-state index contributed by atoms with van der Waals surface area (Å²) in [6.07, 6.45) is 3.72. The summed E-state index contributed by atoms with van der Waals surface area (Å²) >= 11 is 0. The van der Waals surface area contributed by atoms with E-state index in [1.54, 1.807) is 6.92 Å². The average molecular weight is 323 g/mol. The van der Waals surface area contributed by atoms with Gasteiger partial charge in [0.15, 0.2) is 5.82 Å². The molecule has 2 saturated heterocycles. The number of aromatic nitrogens is 2. The van der Waals surface area contributed by atoms with Crippen molar-refractivity contribution in [1.82, 2.24) is 15.0 Å². The SMILES string of the molecule is Cc1nc(C2CCCN(C(=O)C(C)OCC3CCCO3)C2)no1. The molecule has 1 aromatic rings. The summed E-state index contributed by atoms with van der Waals surface area (Å²) in [6.45, 7) is 6.29. The molecule has 23 heavy (non-hydrogen) atoms. The maximum Gasteiger partial charge on any atom is 0.251 e. The molecule has 2 aliphatic rings. The maximum absolute atomic E-state index is 12.6. The molecule has 128 valence electrons. The first kappa shape index (κ1) is 16.4. The number of rotatable bonds is 5. The van der Waals surface area contributed by atoms with E-state index < -0.39 is 6.10 Å². The predicted molar refractivity (Wildman–Crippen MR) is 82.0 cm³/mol. The molecule has 0 radical (unpaired) electrons. The molecule has 3 rings (SSSR count). The molecule has 7 nitrogen and oxygen atoms in total. The third kappa shape index (κ3) is 4.09. The highest BCUT2D eigenvalue weighted by Gasteiger charge is 2.30. The number of carbonyl (C=O) groups excluding carboxylic acids is 1. The summed E-state index contributed by atoms with van der Waals surface area (Å²) in [5.41, 5.74) is 0. The Balaban J connectivity index is 1.51. The minimum atomic E-state index is -0.440. The number of aryl methyl sites for hydroxylation is 1. The number of ether oxygens (including phenoxy) is 2. The second-order valence-corrected chi connectivity index (χ2v) is 6.41. The van der Waals surface area contributed by atoms with Gasteiger partial charge < -0.3 is 18.9 Å². The Morgan fingerprint density at radius 3 is 3.00 bits per heavy atom. The second kappa shape index (κ2) is 7.40. The number of nitrogens with zero attached hydrogens (tertiary/aromatic N) is 3. The molecule has 3 unspecified atom stereocenters.